The third-order valence-electron chi connectivity index (χ3n) is 1.01. The molecule has 2 N–H and O–H groups in total. The first-order valence-electron chi connectivity index (χ1n) is 3.03. The van der Waals surface area contributed by atoms with Gasteiger partial charge >= 0.3 is 0 Å². The smallest absolute Gasteiger partial charge is 0.264 e. The highest BCUT2D eigenvalue weighted by Gasteiger charge is 2.02. The van der Waals surface area contributed by atoms with Gasteiger partial charge in [-0.05, 0) is 12.8 Å². The van der Waals surface area contributed by atoms with Crippen LogP contribution >= 0.6 is 0 Å². The van der Waals surface area contributed by atoms with Crippen LogP contribution in [0.15, 0.2) is 0 Å². The number of rotatable bonds is 5. The fourth-order valence-electron chi connectivity index (χ4n) is 0.540. The summed E-state index contributed by atoms with van der Waals surface area (Å²) in [6, 6.07) is 0. The monoisotopic (exact) mass is 201 g/mol. The lowest BCUT2D eigenvalue weighted by Gasteiger charge is -1.93. The molecule has 0 aromatic carbocycles. The maximum atomic E-state index is 10.2. The van der Waals surface area contributed by atoms with Crippen LogP contribution in [0.2, 0.25) is 0 Å². The Morgan fingerprint density at radius 2 is 1.91 bits per heavy atom. The van der Waals surface area contributed by atoms with E-state index in [-0.39, 0.29) is 17.9 Å². The zero-order valence-electron chi connectivity index (χ0n) is 5.86. The number of hydrogen-bond donors (Lipinski definition) is 3. The highest BCUT2D eigenvalue weighted by atomic mass is 32.2. The fraction of sp³-hybridized carbons (Fsp3) is 1.00. The highest BCUT2D eigenvalue weighted by molar-refractivity contribution is 7.85. The molecule has 0 saturated carbocycles. The second-order valence-electron chi connectivity index (χ2n) is 2.10. The van der Waals surface area contributed by atoms with Crippen LogP contribution in [0.3, 0.4) is 0 Å². The molecule has 0 saturated heterocycles. The van der Waals surface area contributed by atoms with Gasteiger partial charge in [0.15, 0.2) is 0 Å². The lowest BCUT2D eigenvalue weighted by atomic mass is 10.4. The summed E-state index contributed by atoms with van der Waals surface area (Å²) in [6.07, 6.45) is 0.664. The Balaban J connectivity index is 3.44. The predicted molar refractivity (Wildman–Crippen MR) is 42.8 cm³/mol. The van der Waals surface area contributed by atoms with E-state index in [2.05, 4.69) is 0 Å². The molecule has 0 aromatic heterocycles. The SMILES string of the molecule is N=[SH](=O)CCCCS(=O)(=O)O. The summed E-state index contributed by atoms with van der Waals surface area (Å²) in [6.45, 7) is 0. The third kappa shape index (κ3) is 9.86. The van der Waals surface area contributed by atoms with Crippen molar-refractivity contribution in [3.63, 3.8) is 0 Å². The first-order valence-corrected chi connectivity index (χ1v) is 6.08. The van der Waals surface area contributed by atoms with Crippen molar-refractivity contribution in [2.45, 2.75) is 12.8 Å². The molecule has 68 valence electrons. The van der Waals surface area contributed by atoms with E-state index in [4.69, 9.17) is 9.33 Å². The summed E-state index contributed by atoms with van der Waals surface area (Å²) >= 11 is 0. The van der Waals surface area contributed by atoms with Gasteiger partial charge in [0.2, 0.25) is 0 Å². The topological polar surface area (TPSA) is 95.3 Å². The molecule has 7 heteroatoms. The lowest BCUT2D eigenvalue weighted by Crippen LogP contribution is -2.04. The summed E-state index contributed by atoms with van der Waals surface area (Å²) in [5.41, 5.74) is 0. The fourth-order valence-corrected chi connectivity index (χ4v) is 1.62. The number of hydrogen-bond acceptors (Lipinski definition) is 4. The molecule has 0 heterocycles. The van der Waals surface area contributed by atoms with E-state index in [9.17, 15) is 12.6 Å². The molecule has 0 spiro atoms. The van der Waals surface area contributed by atoms with E-state index in [1.807, 2.05) is 0 Å². The maximum absolute atomic E-state index is 10.2. The Kier molecular flexibility index (Phi) is 4.62. The van der Waals surface area contributed by atoms with Crippen molar-refractivity contribution in [1.82, 2.24) is 0 Å². The van der Waals surface area contributed by atoms with E-state index in [1.54, 1.807) is 0 Å². The first-order chi connectivity index (χ1) is 4.92. The molecule has 0 aliphatic heterocycles. The van der Waals surface area contributed by atoms with Crippen LogP contribution in [0.1, 0.15) is 12.8 Å². The van der Waals surface area contributed by atoms with Gasteiger partial charge < -0.3 is 0 Å². The van der Waals surface area contributed by atoms with Crippen molar-refractivity contribution < 1.29 is 17.2 Å². The van der Waals surface area contributed by atoms with E-state index < -0.39 is 20.7 Å². The average molecular weight is 201 g/mol. The molecule has 0 amide bonds. The summed E-state index contributed by atoms with van der Waals surface area (Å²) in [7, 11) is -5.80. The standard InChI is InChI=1S/C4H11NO4S2/c5-10(6)3-1-2-4-11(7,8)9/h5,10H,1-4H2,(H,7,8,9). The molecule has 5 nitrogen and oxygen atoms in total. The van der Waals surface area contributed by atoms with Crippen LogP contribution in [-0.4, -0.2) is 28.7 Å². The molecule has 0 radical (unpaired) electrons. The molecule has 0 bridgehead atoms. The third-order valence-corrected chi connectivity index (χ3v) is 2.54. The van der Waals surface area contributed by atoms with Crippen LogP contribution < -0.4 is 0 Å². The Labute approximate surface area is 67.6 Å². The minimum atomic E-state index is -3.88. The van der Waals surface area contributed by atoms with Crippen LogP contribution in [0.4, 0.5) is 0 Å². The van der Waals surface area contributed by atoms with Gasteiger partial charge in [-0.25, -0.2) is 0 Å². The average Bonchev–Trinajstić information content (AvgIpc) is 1.78. The number of nitrogens with one attached hydrogen (secondary N) is 1. The van der Waals surface area contributed by atoms with Crippen molar-refractivity contribution in [2.24, 2.45) is 0 Å². The minimum absolute atomic E-state index is 0.199. The van der Waals surface area contributed by atoms with Gasteiger partial charge in [0.25, 0.3) is 10.1 Å². The molecule has 0 aliphatic rings. The van der Waals surface area contributed by atoms with E-state index in [0.717, 1.165) is 0 Å². The van der Waals surface area contributed by atoms with E-state index >= 15 is 0 Å². The van der Waals surface area contributed by atoms with E-state index in [1.165, 1.54) is 0 Å². The van der Waals surface area contributed by atoms with Gasteiger partial charge in [0.1, 0.15) is 0 Å². The molecule has 1 unspecified atom stereocenters. The highest BCUT2D eigenvalue weighted by Crippen LogP contribution is 1.93. The van der Waals surface area contributed by atoms with Gasteiger partial charge in [0.05, 0.1) is 5.75 Å². The van der Waals surface area contributed by atoms with Crippen LogP contribution in [0.25, 0.3) is 0 Å². The summed E-state index contributed by atoms with van der Waals surface area (Å²) in [5, 5.41) is 0. The Bertz CT molecular complexity index is 258. The lowest BCUT2D eigenvalue weighted by molar-refractivity contribution is 0.480. The summed E-state index contributed by atoms with van der Waals surface area (Å²) in [5.74, 6) is -0.110. The van der Waals surface area contributed by atoms with Gasteiger partial charge in [-0.1, -0.05) is 0 Å². The second kappa shape index (κ2) is 4.68. The maximum Gasteiger partial charge on any atom is 0.264 e. The normalized spacial score (nSPS) is 14.6. The first kappa shape index (κ1) is 10.9. The van der Waals surface area contributed by atoms with Crippen LogP contribution in [0, 0.1) is 4.78 Å². The van der Waals surface area contributed by atoms with Gasteiger partial charge in [0, 0.05) is 16.3 Å². The van der Waals surface area contributed by atoms with Crippen molar-refractivity contribution in [3.8, 4) is 0 Å². The molecule has 0 aliphatic carbocycles. The van der Waals surface area contributed by atoms with Crippen LogP contribution in [0.5, 0.6) is 0 Å². The van der Waals surface area contributed by atoms with Crippen molar-refractivity contribution in [3.05, 3.63) is 0 Å². The Morgan fingerprint density at radius 1 is 1.36 bits per heavy atom. The summed E-state index contributed by atoms with van der Waals surface area (Å²) < 4.78 is 45.2. The van der Waals surface area contributed by atoms with Gasteiger partial charge in [-0.2, -0.15) is 8.42 Å². The van der Waals surface area contributed by atoms with Gasteiger partial charge in [-0.3, -0.25) is 13.5 Å². The Hall–Kier alpha value is -0.140. The van der Waals surface area contributed by atoms with Crippen molar-refractivity contribution in [1.29, 1.82) is 4.78 Å². The number of thiol groups is 1. The second-order valence-corrected chi connectivity index (χ2v) is 4.87. The minimum Gasteiger partial charge on any atom is -0.286 e. The molecule has 0 rings (SSSR count). The van der Waals surface area contributed by atoms with Gasteiger partial charge in [-0.15, -0.1) is 0 Å². The predicted octanol–water partition coefficient (Wildman–Crippen LogP) is -0.102. The van der Waals surface area contributed by atoms with Crippen molar-refractivity contribution in [2.75, 3.05) is 11.5 Å². The van der Waals surface area contributed by atoms with E-state index in [0.29, 0.717) is 6.42 Å². The van der Waals surface area contributed by atoms with Crippen LogP contribution in [-0.2, 0) is 20.7 Å². The largest absolute Gasteiger partial charge is 0.286 e. The number of unbranched alkanes of at least 4 members (excludes halogenated alkanes) is 1. The molecule has 1 atom stereocenters. The molecular formula is C4H11NO4S2. The molecule has 0 aromatic rings. The summed E-state index contributed by atoms with van der Waals surface area (Å²) in [4.78, 5) is 0. The Morgan fingerprint density at radius 3 is 2.27 bits per heavy atom. The van der Waals surface area contributed by atoms with Crippen molar-refractivity contribution >= 4 is 20.7 Å². The molecule has 0 fully saturated rings. The molecular weight excluding hydrogens is 190 g/mol. The quantitative estimate of drug-likeness (QED) is 0.329. The zero-order valence-corrected chi connectivity index (χ0v) is 7.57. The zero-order chi connectivity index (χ0) is 8.91. The molecule has 11 heavy (non-hydrogen) atoms.